The summed E-state index contributed by atoms with van der Waals surface area (Å²) in [5, 5.41) is 23.3. The predicted octanol–water partition coefficient (Wildman–Crippen LogP) is 7.56. The third-order valence-corrected chi connectivity index (χ3v) is 4.15. The van der Waals surface area contributed by atoms with E-state index in [-0.39, 0.29) is 0 Å². The van der Waals surface area contributed by atoms with Gasteiger partial charge >= 0.3 is 39.5 Å². The van der Waals surface area contributed by atoms with Crippen molar-refractivity contribution in [1.29, 1.82) is 0 Å². The number of hydrogen-bond donors (Lipinski definition) is 2. The molecule has 0 saturated heterocycles. The van der Waals surface area contributed by atoms with Gasteiger partial charge in [-0.25, -0.2) is 0 Å². The second-order valence-electron chi connectivity index (χ2n) is 6.39. The van der Waals surface area contributed by atoms with Crippen molar-refractivity contribution in [2.75, 3.05) is 0 Å². The van der Waals surface area contributed by atoms with Crippen molar-refractivity contribution < 1.29 is 21.5 Å². The summed E-state index contributed by atoms with van der Waals surface area (Å²) >= 11 is 7.12. The van der Waals surface area contributed by atoms with Crippen LogP contribution in [0.4, 0.5) is 11.4 Å². The van der Waals surface area contributed by atoms with Gasteiger partial charge in [0, 0.05) is 0 Å². The molecule has 9 heteroatoms. The molecule has 0 heterocycles. The summed E-state index contributed by atoms with van der Waals surface area (Å²) in [6.45, 7) is 11.1. The van der Waals surface area contributed by atoms with Crippen molar-refractivity contribution in [3.8, 4) is 0 Å². The van der Waals surface area contributed by atoms with Crippen LogP contribution in [0.15, 0.2) is 68.8 Å². The molecule has 0 atom stereocenters. The number of nitrogens with zero attached hydrogens (tertiary/aromatic N) is 4. The van der Waals surface area contributed by atoms with E-state index < -0.39 is 0 Å². The molecule has 0 fully saturated rings. The van der Waals surface area contributed by atoms with Gasteiger partial charge in [0.25, 0.3) is 0 Å². The van der Waals surface area contributed by atoms with Crippen molar-refractivity contribution in [3.63, 3.8) is 0 Å². The fourth-order valence-corrected chi connectivity index (χ4v) is 2.05. The van der Waals surface area contributed by atoms with Crippen molar-refractivity contribution in [1.82, 2.24) is 0 Å². The van der Waals surface area contributed by atoms with Gasteiger partial charge in [0.05, 0.1) is 34.2 Å². The summed E-state index contributed by atoms with van der Waals surface area (Å²) in [7, 11) is 0. The second kappa shape index (κ2) is 16.8. The summed E-state index contributed by atoms with van der Waals surface area (Å²) in [5.74, 6) is 0. The Morgan fingerprint density at radius 1 is 0.645 bits per heavy atom. The van der Waals surface area contributed by atoms with Crippen LogP contribution in [0.25, 0.3) is 0 Å². The van der Waals surface area contributed by atoms with E-state index >= 15 is 0 Å². The first-order chi connectivity index (χ1) is 14.7. The van der Waals surface area contributed by atoms with Crippen LogP contribution in [0, 0.1) is 13.8 Å². The molecule has 2 N–H and O–H groups in total. The van der Waals surface area contributed by atoms with Gasteiger partial charge in [-0.15, -0.1) is 0 Å². The van der Waals surface area contributed by atoms with Crippen molar-refractivity contribution >= 4 is 62.6 Å². The Balaban J connectivity index is 0.000000516. The quantitative estimate of drug-likeness (QED) is 0.216. The van der Waals surface area contributed by atoms with Gasteiger partial charge in [-0.1, -0.05) is 46.7 Å². The molecular weight excluding hydrogens is 571 g/mol. The first-order valence-electron chi connectivity index (χ1n) is 9.15. The zero-order valence-corrected chi connectivity index (χ0v) is 22.6. The molecule has 0 saturated carbocycles. The van der Waals surface area contributed by atoms with E-state index in [9.17, 15) is 0 Å². The minimum absolute atomic E-state index is 0.535. The summed E-state index contributed by atoms with van der Waals surface area (Å²) in [4.78, 5) is 8.71. The second-order valence-corrected chi connectivity index (χ2v) is 11.6. The molecule has 2 aromatic carbocycles. The van der Waals surface area contributed by atoms with E-state index in [4.69, 9.17) is 10.4 Å². The molecule has 0 radical (unpaired) electrons. The van der Waals surface area contributed by atoms with Crippen LogP contribution < -0.4 is 0 Å². The molecule has 0 aliphatic carbocycles. The standard InChI is InChI=1S/2C11H14N2O.2BrH.Co/c2*1-8-6-4-5-7-11(8)12-9(2)10(3)13-14;;;/h2*4-7,14H,1-3H3;2*1H;/q;;;;+2/p-2/b2*12-9?,13-10+;;;. The minimum atomic E-state index is 0.535. The van der Waals surface area contributed by atoms with Gasteiger partial charge in [0.1, 0.15) is 0 Å². The Bertz CT molecular complexity index is 869. The summed E-state index contributed by atoms with van der Waals surface area (Å²) < 4.78 is 0. The zero-order chi connectivity index (χ0) is 23.8. The van der Waals surface area contributed by atoms with Gasteiger partial charge in [0.2, 0.25) is 0 Å². The maximum absolute atomic E-state index is 8.56. The van der Waals surface area contributed by atoms with Crippen LogP contribution in [-0.4, -0.2) is 33.3 Å². The van der Waals surface area contributed by atoms with Crippen molar-refractivity contribution in [3.05, 3.63) is 59.7 Å². The normalized spacial score (nSPS) is 12.5. The van der Waals surface area contributed by atoms with E-state index in [0.29, 0.717) is 11.4 Å². The molecule has 2 rings (SSSR count). The average molecular weight is 599 g/mol. The fourth-order valence-electron chi connectivity index (χ4n) is 2.05. The molecular formula is C22H28Br2CoN4O2. The van der Waals surface area contributed by atoms with E-state index in [1.807, 2.05) is 76.2 Å². The molecule has 0 aliphatic rings. The maximum atomic E-state index is 8.56. The monoisotopic (exact) mass is 597 g/mol. The third kappa shape index (κ3) is 12.0. The van der Waals surface area contributed by atoms with Crippen molar-refractivity contribution in [2.45, 2.75) is 41.5 Å². The van der Waals surface area contributed by atoms with E-state index in [2.05, 4.69) is 48.6 Å². The molecule has 0 unspecified atom stereocenters. The molecule has 0 bridgehead atoms. The molecule has 0 aromatic heterocycles. The van der Waals surface area contributed by atoms with Gasteiger partial charge in [0.15, 0.2) is 0 Å². The SMILES string of the molecule is CC(=Nc1ccccc1C)/C(C)=N/O.CC(=Nc1ccccc1C)/C(C)=N/O.[Br][Co][Br]. The Morgan fingerprint density at radius 3 is 1.19 bits per heavy atom. The van der Waals surface area contributed by atoms with Gasteiger partial charge < -0.3 is 10.4 Å². The number of oxime groups is 2. The van der Waals surface area contributed by atoms with Crippen LogP contribution in [0.5, 0.6) is 0 Å². The van der Waals surface area contributed by atoms with E-state index in [1.54, 1.807) is 13.8 Å². The molecule has 6 nitrogen and oxygen atoms in total. The van der Waals surface area contributed by atoms with Crippen LogP contribution in [0.3, 0.4) is 0 Å². The van der Waals surface area contributed by atoms with Crippen molar-refractivity contribution in [2.24, 2.45) is 20.3 Å². The van der Waals surface area contributed by atoms with Gasteiger partial charge in [-0.05, 0) is 64.8 Å². The molecule has 31 heavy (non-hydrogen) atoms. The Kier molecular flexibility index (Phi) is 15.8. The Hall–Kier alpha value is -1.81. The van der Waals surface area contributed by atoms with Crippen LogP contribution in [0.1, 0.15) is 38.8 Å². The summed E-state index contributed by atoms with van der Waals surface area (Å²) in [5.41, 5.74) is 6.56. The Labute approximate surface area is 204 Å². The zero-order valence-electron chi connectivity index (χ0n) is 18.4. The first kappa shape index (κ1) is 29.2. The van der Waals surface area contributed by atoms with E-state index in [1.165, 1.54) is 0 Å². The molecule has 2 aromatic rings. The van der Waals surface area contributed by atoms with E-state index in [0.717, 1.165) is 45.0 Å². The summed E-state index contributed by atoms with van der Waals surface area (Å²) in [6.07, 6.45) is 0. The van der Waals surface area contributed by atoms with Crippen LogP contribution in [-0.2, 0) is 11.1 Å². The number of hydrogen-bond acceptors (Lipinski definition) is 6. The number of aliphatic imine (C=N–C) groups is 2. The van der Waals surface area contributed by atoms with Gasteiger partial charge in [-0.2, -0.15) is 0 Å². The number of benzene rings is 2. The molecule has 0 amide bonds. The topological polar surface area (TPSA) is 89.9 Å². The number of halogens is 2. The summed E-state index contributed by atoms with van der Waals surface area (Å²) in [6, 6.07) is 15.7. The van der Waals surface area contributed by atoms with Gasteiger partial charge in [-0.3, -0.25) is 9.98 Å². The fraction of sp³-hybridized carbons (Fsp3) is 0.273. The molecule has 0 spiro atoms. The first-order valence-corrected chi connectivity index (χ1v) is 14.3. The number of aryl methyl sites for hydroxylation is 2. The molecule has 171 valence electrons. The third-order valence-electron chi connectivity index (χ3n) is 4.15. The van der Waals surface area contributed by atoms with Crippen LogP contribution in [0.2, 0.25) is 0 Å². The van der Waals surface area contributed by atoms with Crippen LogP contribution >= 0.6 is 28.3 Å². The molecule has 0 aliphatic heterocycles. The Morgan fingerprint density at radius 2 is 0.935 bits per heavy atom. The average Bonchev–Trinajstić information content (AvgIpc) is 2.76. The number of para-hydroxylation sites is 2. The predicted molar refractivity (Wildman–Crippen MR) is 136 cm³/mol. The number of rotatable bonds is 4.